The van der Waals surface area contributed by atoms with Crippen LogP contribution in [-0.2, 0) is 4.79 Å². The smallest absolute Gasteiger partial charge is 0.237 e. The minimum absolute atomic E-state index is 0.0449. The molecule has 0 aromatic heterocycles. The zero-order chi connectivity index (χ0) is 16.5. The highest BCUT2D eigenvalue weighted by Gasteiger charge is 2.49. The van der Waals surface area contributed by atoms with Gasteiger partial charge < -0.3 is 4.90 Å². The van der Waals surface area contributed by atoms with Crippen LogP contribution in [0.3, 0.4) is 0 Å². The third kappa shape index (κ3) is 2.31. The first-order chi connectivity index (χ1) is 11.8. The zero-order valence-electron chi connectivity index (χ0n) is 13.6. The summed E-state index contributed by atoms with van der Waals surface area (Å²) in [5, 5.41) is 0. The number of para-hydroxylation sites is 1. The summed E-state index contributed by atoms with van der Waals surface area (Å²) in [4.78, 5) is 14.9. The van der Waals surface area contributed by atoms with Gasteiger partial charge in [0.1, 0.15) is 0 Å². The summed E-state index contributed by atoms with van der Waals surface area (Å²) in [6.45, 7) is 2.11. The van der Waals surface area contributed by atoms with E-state index in [1.54, 1.807) is 0 Å². The second-order valence-electron chi connectivity index (χ2n) is 6.23. The van der Waals surface area contributed by atoms with E-state index < -0.39 is 0 Å². The van der Waals surface area contributed by atoms with Gasteiger partial charge in [0.15, 0.2) is 0 Å². The fraction of sp³-hybridized carbons (Fsp3) is 0.136. The van der Waals surface area contributed by atoms with Gasteiger partial charge in [-0.25, -0.2) is 0 Å². The normalized spacial score (nSPS) is 19.9. The number of carbonyl (C=O) groups excluding carboxylic acids is 1. The van der Waals surface area contributed by atoms with Crippen molar-refractivity contribution in [1.29, 1.82) is 0 Å². The number of benzene rings is 3. The van der Waals surface area contributed by atoms with Gasteiger partial charge >= 0.3 is 0 Å². The van der Waals surface area contributed by atoms with Crippen molar-refractivity contribution in [3.63, 3.8) is 0 Å². The summed E-state index contributed by atoms with van der Waals surface area (Å²) < 4.78 is 0. The Balaban J connectivity index is 1.82. The Morgan fingerprint density at radius 2 is 1.33 bits per heavy atom. The SMILES string of the molecule is Cc1ccccc1[C@H]1[C@H](c2ccccc2)C(=O)N1c1ccccc1. The molecule has 1 amide bonds. The number of hydrogen-bond acceptors (Lipinski definition) is 1. The number of aryl methyl sites for hydroxylation is 1. The molecule has 0 bridgehead atoms. The first-order valence-electron chi connectivity index (χ1n) is 8.26. The number of anilines is 1. The largest absolute Gasteiger partial charge is 0.303 e. The second-order valence-corrected chi connectivity index (χ2v) is 6.23. The van der Waals surface area contributed by atoms with Crippen molar-refractivity contribution < 1.29 is 4.79 Å². The minimum atomic E-state index is -0.118. The zero-order valence-corrected chi connectivity index (χ0v) is 13.6. The Bertz CT molecular complexity index is 808. The number of nitrogens with zero attached hydrogens (tertiary/aromatic N) is 1. The molecule has 2 heteroatoms. The van der Waals surface area contributed by atoms with E-state index in [1.807, 2.05) is 59.5 Å². The lowest BCUT2D eigenvalue weighted by molar-refractivity contribution is -0.126. The standard InChI is InChI=1S/C22H19NO/c1-16-10-8-9-15-19(16)21-20(17-11-4-2-5-12-17)22(24)23(21)18-13-6-3-7-14-18/h2-15,20-21H,1H3/t20-,21-/m0/s1. The molecule has 1 heterocycles. The first-order valence-corrected chi connectivity index (χ1v) is 8.26. The molecule has 1 fully saturated rings. The molecule has 2 atom stereocenters. The summed E-state index contributed by atoms with van der Waals surface area (Å²) >= 11 is 0. The summed E-state index contributed by atoms with van der Waals surface area (Å²) in [6, 6.07) is 28.4. The second kappa shape index (κ2) is 5.97. The number of hydrogen-bond donors (Lipinski definition) is 0. The molecule has 0 unspecified atom stereocenters. The van der Waals surface area contributed by atoms with Crippen LogP contribution in [0.5, 0.6) is 0 Å². The monoisotopic (exact) mass is 313 g/mol. The molecule has 0 N–H and O–H groups in total. The van der Waals surface area contributed by atoms with E-state index in [9.17, 15) is 4.79 Å². The molecule has 0 spiro atoms. The average molecular weight is 313 g/mol. The Labute approximate surface area is 142 Å². The van der Waals surface area contributed by atoms with Gasteiger partial charge in [-0.2, -0.15) is 0 Å². The molecule has 118 valence electrons. The van der Waals surface area contributed by atoms with Crippen LogP contribution in [0.1, 0.15) is 28.7 Å². The molecule has 24 heavy (non-hydrogen) atoms. The molecule has 2 nitrogen and oxygen atoms in total. The fourth-order valence-electron chi connectivity index (χ4n) is 3.59. The predicted molar refractivity (Wildman–Crippen MR) is 97.0 cm³/mol. The summed E-state index contributed by atoms with van der Waals surface area (Å²) in [6.07, 6.45) is 0. The molecule has 3 aromatic rings. The molecule has 1 saturated heterocycles. The van der Waals surface area contributed by atoms with E-state index in [1.165, 1.54) is 11.1 Å². The maximum atomic E-state index is 13.0. The highest BCUT2D eigenvalue weighted by atomic mass is 16.2. The first kappa shape index (κ1) is 14.7. The van der Waals surface area contributed by atoms with Crippen LogP contribution in [0.15, 0.2) is 84.9 Å². The van der Waals surface area contributed by atoms with Crippen LogP contribution in [-0.4, -0.2) is 5.91 Å². The van der Waals surface area contributed by atoms with Crippen LogP contribution in [0.2, 0.25) is 0 Å². The van der Waals surface area contributed by atoms with Gasteiger partial charge in [-0.1, -0.05) is 72.8 Å². The Hall–Kier alpha value is -2.87. The topological polar surface area (TPSA) is 20.3 Å². The fourth-order valence-corrected chi connectivity index (χ4v) is 3.59. The molecular weight excluding hydrogens is 294 g/mol. The van der Waals surface area contributed by atoms with Gasteiger partial charge in [-0.05, 0) is 35.7 Å². The Morgan fingerprint density at radius 1 is 0.750 bits per heavy atom. The summed E-state index contributed by atoms with van der Waals surface area (Å²) in [5.74, 6) is 0.0492. The lowest BCUT2D eigenvalue weighted by Crippen LogP contribution is -2.53. The molecule has 0 aliphatic carbocycles. The van der Waals surface area contributed by atoms with Crippen molar-refractivity contribution in [2.45, 2.75) is 18.9 Å². The number of carbonyl (C=O) groups is 1. The van der Waals surface area contributed by atoms with Crippen molar-refractivity contribution in [1.82, 2.24) is 0 Å². The van der Waals surface area contributed by atoms with Crippen LogP contribution in [0, 0.1) is 6.92 Å². The molecule has 1 aliphatic rings. The van der Waals surface area contributed by atoms with Crippen LogP contribution < -0.4 is 4.90 Å². The van der Waals surface area contributed by atoms with E-state index >= 15 is 0 Å². The maximum absolute atomic E-state index is 13.0. The van der Waals surface area contributed by atoms with Crippen LogP contribution >= 0.6 is 0 Å². The van der Waals surface area contributed by atoms with Crippen molar-refractivity contribution in [3.8, 4) is 0 Å². The number of rotatable bonds is 3. The highest BCUT2D eigenvalue weighted by Crippen LogP contribution is 2.49. The van der Waals surface area contributed by atoms with Gasteiger partial charge in [0, 0.05) is 5.69 Å². The molecule has 3 aromatic carbocycles. The summed E-state index contributed by atoms with van der Waals surface area (Å²) in [7, 11) is 0. The molecule has 0 radical (unpaired) electrons. The average Bonchev–Trinajstić information content (AvgIpc) is 2.62. The van der Waals surface area contributed by atoms with Gasteiger partial charge in [-0.15, -0.1) is 0 Å². The summed E-state index contributed by atoms with van der Waals surface area (Å²) in [5.41, 5.74) is 4.48. The maximum Gasteiger partial charge on any atom is 0.237 e. The quantitative estimate of drug-likeness (QED) is 0.632. The van der Waals surface area contributed by atoms with E-state index in [2.05, 4.69) is 37.3 Å². The van der Waals surface area contributed by atoms with E-state index in [-0.39, 0.29) is 17.9 Å². The van der Waals surface area contributed by atoms with Gasteiger partial charge in [0.25, 0.3) is 0 Å². The van der Waals surface area contributed by atoms with Gasteiger partial charge in [0.2, 0.25) is 5.91 Å². The van der Waals surface area contributed by atoms with Gasteiger partial charge in [-0.3, -0.25) is 4.79 Å². The lowest BCUT2D eigenvalue weighted by Gasteiger charge is -2.48. The highest BCUT2D eigenvalue weighted by molar-refractivity contribution is 6.06. The Kier molecular flexibility index (Phi) is 3.66. The Morgan fingerprint density at radius 3 is 2.00 bits per heavy atom. The van der Waals surface area contributed by atoms with Crippen molar-refractivity contribution in [2.24, 2.45) is 0 Å². The third-order valence-electron chi connectivity index (χ3n) is 4.80. The van der Waals surface area contributed by atoms with E-state index in [0.717, 1.165) is 11.3 Å². The molecule has 1 aliphatic heterocycles. The van der Waals surface area contributed by atoms with Crippen molar-refractivity contribution in [3.05, 3.63) is 102 Å². The van der Waals surface area contributed by atoms with Crippen LogP contribution in [0.4, 0.5) is 5.69 Å². The third-order valence-corrected chi connectivity index (χ3v) is 4.80. The number of β-lactam (4-membered cyclic amide) rings is 1. The van der Waals surface area contributed by atoms with Crippen molar-refractivity contribution >= 4 is 11.6 Å². The molecule has 4 rings (SSSR count). The van der Waals surface area contributed by atoms with Crippen LogP contribution in [0.25, 0.3) is 0 Å². The van der Waals surface area contributed by atoms with Gasteiger partial charge in [0.05, 0.1) is 12.0 Å². The van der Waals surface area contributed by atoms with Crippen molar-refractivity contribution in [2.75, 3.05) is 4.90 Å². The predicted octanol–water partition coefficient (Wildman–Crippen LogP) is 4.87. The van der Waals surface area contributed by atoms with E-state index in [0.29, 0.717) is 0 Å². The minimum Gasteiger partial charge on any atom is -0.303 e. The van der Waals surface area contributed by atoms with E-state index in [4.69, 9.17) is 0 Å². The molecule has 0 saturated carbocycles. The number of amides is 1. The lowest BCUT2D eigenvalue weighted by atomic mass is 9.76. The molecular formula is C22H19NO.